The molecule has 152 valence electrons. The van der Waals surface area contributed by atoms with E-state index in [1.54, 1.807) is 30.3 Å². The molecule has 6 nitrogen and oxygen atoms in total. The maximum atomic E-state index is 13.2. The molecule has 0 saturated heterocycles. The van der Waals surface area contributed by atoms with Gasteiger partial charge in [0.15, 0.2) is 0 Å². The van der Waals surface area contributed by atoms with E-state index in [1.807, 2.05) is 0 Å². The van der Waals surface area contributed by atoms with Crippen LogP contribution in [0.3, 0.4) is 0 Å². The largest absolute Gasteiger partial charge is 0.436 e. The molecule has 30 heavy (non-hydrogen) atoms. The summed E-state index contributed by atoms with van der Waals surface area (Å²) in [5.41, 5.74) is 0.952. The number of hydrogen-bond acceptors (Lipinski definition) is 5. The Balaban J connectivity index is 1.78. The Kier molecular flexibility index (Phi) is 5.46. The number of nitrogens with zero attached hydrogens (tertiary/aromatic N) is 2. The average molecular weight is 464 g/mol. The van der Waals surface area contributed by atoms with Gasteiger partial charge in [0, 0.05) is 6.07 Å². The molecule has 1 aromatic heterocycles. The number of hydrogen-bond donors (Lipinski definition) is 1. The minimum atomic E-state index is -4.07. The van der Waals surface area contributed by atoms with E-state index in [-0.39, 0.29) is 27.4 Å². The standard InChI is InChI=1S/C20H12Cl2FN3O3S/c21-15-10-7-13(11-16(15)22)29-20-19(24-17-3-1-2-4-18(17)25-20)26-30(27,28)14-8-5-12(23)6-9-14/h1-11H,(H,24,26). The van der Waals surface area contributed by atoms with Crippen LogP contribution in [0.2, 0.25) is 10.0 Å². The minimum Gasteiger partial charge on any atom is -0.436 e. The number of anilines is 1. The first-order valence-corrected chi connectivity index (χ1v) is 10.7. The number of sulfonamides is 1. The Morgan fingerprint density at radius 2 is 1.53 bits per heavy atom. The van der Waals surface area contributed by atoms with Gasteiger partial charge < -0.3 is 4.74 Å². The van der Waals surface area contributed by atoms with Gasteiger partial charge >= 0.3 is 0 Å². The molecule has 0 aliphatic heterocycles. The number of fused-ring (bicyclic) bond motifs is 1. The van der Waals surface area contributed by atoms with Crippen LogP contribution in [-0.4, -0.2) is 18.4 Å². The second-order valence-corrected chi connectivity index (χ2v) is 8.60. The lowest BCUT2D eigenvalue weighted by Gasteiger charge is -2.13. The molecule has 0 amide bonds. The van der Waals surface area contributed by atoms with E-state index in [1.165, 1.54) is 12.1 Å². The Hall–Kier alpha value is -2.94. The number of benzene rings is 3. The predicted octanol–water partition coefficient (Wildman–Crippen LogP) is 5.67. The fourth-order valence-electron chi connectivity index (χ4n) is 2.57. The van der Waals surface area contributed by atoms with Crippen molar-refractivity contribution in [1.29, 1.82) is 0 Å². The van der Waals surface area contributed by atoms with Crippen LogP contribution in [0.25, 0.3) is 11.0 Å². The van der Waals surface area contributed by atoms with Crippen molar-refractivity contribution in [2.45, 2.75) is 4.90 Å². The van der Waals surface area contributed by atoms with Gasteiger partial charge in [0.1, 0.15) is 11.6 Å². The number of para-hydroxylation sites is 2. The lowest BCUT2D eigenvalue weighted by atomic mass is 10.3. The molecule has 1 N–H and O–H groups in total. The predicted molar refractivity (Wildman–Crippen MR) is 113 cm³/mol. The molecule has 0 fully saturated rings. The normalized spacial score (nSPS) is 11.4. The molecular weight excluding hydrogens is 452 g/mol. The molecule has 0 saturated carbocycles. The molecule has 0 radical (unpaired) electrons. The van der Waals surface area contributed by atoms with Crippen molar-refractivity contribution in [3.05, 3.63) is 82.6 Å². The minimum absolute atomic E-state index is 0.0854. The Labute approximate surface area is 181 Å². The van der Waals surface area contributed by atoms with Crippen molar-refractivity contribution in [3.63, 3.8) is 0 Å². The quantitative estimate of drug-likeness (QED) is 0.412. The number of halogens is 3. The van der Waals surface area contributed by atoms with E-state index >= 15 is 0 Å². The van der Waals surface area contributed by atoms with Gasteiger partial charge in [0.25, 0.3) is 15.9 Å². The summed E-state index contributed by atoms with van der Waals surface area (Å²) in [6, 6.07) is 15.9. The lowest BCUT2D eigenvalue weighted by molar-refractivity contribution is 0.465. The molecule has 0 aliphatic carbocycles. The molecule has 10 heteroatoms. The SMILES string of the molecule is O=S(=O)(Nc1nc2ccccc2nc1Oc1ccc(Cl)c(Cl)c1)c1ccc(F)cc1. The first-order valence-electron chi connectivity index (χ1n) is 8.50. The van der Waals surface area contributed by atoms with Gasteiger partial charge in [0.2, 0.25) is 5.82 Å². The fraction of sp³-hybridized carbons (Fsp3) is 0. The van der Waals surface area contributed by atoms with Crippen molar-refractivity contribution in [2.75, 3.05) is 4.72 Å². The molecule has 1 heterocycles. The van der Waals surface area contributed by atoms with Crippen molar-refractivity contribution >= 4 is 50.1 Å². The van der Waals surface area contributed by atoms with Gasteiger partial charge in [-0.2, -0.15) is 0 Å². The molecule has 0 unspecified atom stereocenters. The third-order valence-electron chi connectivity index (χ3n) is 4.00. The average Bonchev–Trinajstić information content (AvgIpc) is 2.71. The fourth-order valence-corrected chi connectivity index (χ4v) is 3.86. The number of ether oxygens (including phenoxy) is 1. The van der Waals surface area contributed by atoms with E-state index in [0.717, 1.165) is 24.3 Å². The van der Waals surface area contributed by atoms with E-state index in [9.17, 15) is 12.8 Å². The van der Waals surface area contributed by atoms with Gasteiger partial charge in [0.05, 0.1) is 26.0 Å². The van der Waals surface area contributed by atoms with Crippen LogP contribution in [0.5, 0.6) is 11.6 Å². The van der Waals surface area contributed by atoms with Crippen LogP contribution in [0.4, 0.5) is 10.2 Å². The summed E-state index contributed by atoms with van der Waals surface area (Å²) in [5.74, 6) is -0.485. The molecule has 0 spiro atoms. The lowest BCUT2D eigenvalue weighted by Crippen LogP contribution is -2.15. The number of aromatic nitrogens is 2. The van der Waals surface area contributed by atoms with Crippen LogP contribution >= 0.6 is 23.2 Å². The molecule has 0 aliphatic rings. The second-order valence-electron chi connectivity index (χ2n) is 6.10. The topological polar surface area (TPSA) is 81.2 Å². The van der Waals surface area contributed by atoms with Gasteiger partial charge in [-0.1, -0.05) is 35.3 Å². The third kappa shape index (κ3) is 4.30. The number of rotatable bonds is 5. The summed E-state index contributed by atoms with van der Waals surface area (Å²) in [6.07, 6.45) is 0. The summed E-state index contributed by atoms with van der Waals surface area (Å²) < 4.78 is 46.8. The number of nitrogens with one attached hydrogen (secondary N) is 1. The van der Waals surface area contributed by atoms with Gasteiger partial charge in [-0.3, -0.25) is 4.72 Å². The summed E-state index contributed by atoms with van der Waals surface area (Å²) in [5, 5.41) is 0.599. The van der Waals surface area contributed by atoms with Crippen LogP contribution in [0, 0.1) is 5.82 Å². The zero-order chi connectivity index (χ0) is 21.3. The zero-order valence-corrected chi connectivity index (χ0v) is 17.3. The monoisotopic (exact) mass is 463 g/mol. The Bertz CT molecular complexity index is 1350. The maximum Gasteiger partial charge on any atom is 0.264 e. The van der Waals surface area contributed by atoms with Crippen LogP contribution in [0.1, 0.15) is 0 Å². The highest BCUT2D eigenvalue weighted by atomic mass is 35.5. The van der Waals surface area contributed by atoms with Crippen LogP contribution in [-0.2, 0) is 10.0 Å². The molecule has 3 aromatic carbocycles. The Morgan fingerprint density at radius 1 is 0.867 bits per heavy atom. The van der Waals surface area contributed by atoms with Gasteiger partial charge in [-0.25, -0.2) is 22.8 Å². The molecule has 4 aromatic rings. The van der Waals surface area contributed by atoms with Crippen molar-refractivity contribution < 1.29 is 17.5 Å². The van der Waals surface area contributed by atoms with E-state index in [2.05, 4.69) is 14.7 Å². The first-order chi connectivity index (χ1) is 14.3. The molecule has 0 bridgehead atoms. The van der Waals surface area contributed by atoms with Crippen LogP contribution < -0.4 is 9.46 Å². The summed E-state index contributed by atoms with van der Waals surface area (Å²) >= 11 is 11.9. The summed E-state index contributed by atoms with van der Waals surface area (Å²) in [6.45, 7) is 0. The van der Waals surface area contributed by atoms with E-state index in [0.29, 0.717) is 16.1 Å². The smallest absolute Gasteiger partial charge is 0.264 e. The van der Waals surface area contributed by atoms with E-state index in [4.69, 9.17) is 27.9 Å². The first kappa shape index (κ1) is 20.3. The highest BCUT2D eigenvalue weighted by molar-refractivity contribution is 7.92. The van der Waals surface area contributed by atoms with Gasteiger partial charge in [-0.05, 0) is 48.5 Å². The van der Waals surface area contributed by atoms with Crippen molar-refractivity contribution in [2.24, 2.45) is 0 Å². The van der Waals surface area contributed by atoms with Crippen LogP contribution in [0.15, 0.2) is 71.6 Å². The highest BCUT2D eigenvalue weighted by Crippen LogP contribution is 2.33. The summed E-state index contributed by atoms with van der Waals surface area (Å²) in [4.78, 5) is 8.56. The van der Waals surface area contributed by atoms with Crippen molar-refractivity contribution in [3.8, 4) is 11.6 Å². The third-order valence-corrected chi connectivity index (χ3v) is 6.09. The Morgan fingerprint density at radius 3 is 2.20 bits per heavy atom. The molecule has 4 rings (SSSR count). The van der Waals surface area contributed by atoms with E-state index < -0.39 is 15.8 Å². The second kappa shape index (κ2) is 8.06. The summed E-state index contributed by atoms with van der Waals surface area (Å²) in [7, 11) is -4.07. The highest BCUT2D eigenvalue weighted by Gasteiger charge is 2.20. The maximum absolute atomic E-state index is 13.2. The molecular formula is C20H12Cl2FN3O3S. The zero-order valence-electron chi connectivity index (χ0n) is 15.0. The van der Waals surface area contributed by atoms with Gasteiger partial charge in [-0.15, -0.1) is 0 Å². The molecule has 0 atom stereocenters. The van der Waals surface area contributed by atoms with Crippen molar-refractivity contribution in [1.82, 2.24) is 9.97 Å².